The zero-order valence-electron chi connectivity index (χ0n) is 11.5. The van der Waals surface area contributed by atoms with Crippen LogP contribution in [0.5, 0.6) is 0 Å². The molecule has 0 spiro atoms. The van der Waals surface area contributed by atoms with Crippen molar-refractivity contribution in [2.75, 3.05) is 0 Å². The third-order valence-corrected chi connectivity index (χ3v) is 4.19. The standard InChI is InChI=1S/C13H23N3O3/c1-7(2)11(15-13(14)19)12(18)16-8-3-4-9(16)6-10(17)5-8/h7-11,17H,3-6H2,1-2H3,(H3,14,15,19). The molecular formula is C13H23N3O3. The van der Waals surface area contributed by atoms with Crippen molar-refractivity contribution in [1.29, 1.82) is 0 Å². The molecule has 0 aliphatic carbocycles. The number of piperidine rings is 1. The summed E-state index contributed by atoms with van der Waals surface area (Å²) in [5.74, 6) is -0.0700. The Bertz CT molecular complexity index is 358. The van der Waals surface area contributed by atoms with Crippen LogP contribution in [0.4, 0.5) is 4.79 Å². The Balaban J connectivity index is 2.12. The van der Waals surface area contributed by atoms with Crippen molar-refractivity contribution >= 4 is 11.9 Å². The number of nitrogens with zero attached hydrogens (tertiary/aromatic N) is 1. The monoisotopic (exact) mass is 269 g/mol. The summed E-state index contributed by atoms with van der Waals surface area (Å²) in [4.78, 5) is 25.5. The van der Waals surface area contributed by atoms with E-state index in [0.717, 1.165) is 12.8 Å². The number of amides is 3. The molecule has 6 nitrogen and oxygen atoms in total. The van der Waals surface area contributed by atoms with Crippen LogP contribution in [0.2, 0.25) is 0 Å². The number of nitrogens with one attached hydrogen (secondary N) is 1. The number of primary amides is 1. The maximum Gasteiger partial charge on any atom is 0.312 e. The van der Waals surface area contributed by atoms with Gasteiger partial charge in [0.15, 0.2) is 0 Å². The van der Waals surface area contributed by atoms with E-state index in [0.29, 0.717) is 12.8 Å². The molecule has 3 amide bonds. The zero-order valence-corrected chi connectivity index (χ0v) is 11.5. The maximum absolute atomic E-state index is 12.6. The first-order chi connectivity index (χ1) is 8.90. The minimum atomic E-state index is -0.670. The summed E-state index contributed by atoms with van der Waals surface area (Å²) >= 11 is 0. The molecular weight excluding hydrogens is 246 g/mol. The van der Waals surface area contributed by atoms with Gasteiger partial charge >= 0.3 is 6.03 Å². The van der Waals surface area contributed by atoms with Crippen molar-refractivity contribution in [3.8, 4) is 0 Å². The lowest BCUT2D eigenvalue weighted by atomic mass is 9.96. The molecule has 19 heavy (non-hydrogen) atoms. The van der Waals surface area contributed by atoms with E-state index >= 15 is 0 Å². The molecule has 2 bridgehead atoms. The number of nitrogens with two attached hydrogens (primary N) is 1. The molecule has 2 aliphatic rings. The summed E-state index contributed by atoms with van der Waals surface area (Å²) in [5.41, 5.74) is 5.14. The third-order valence-electron chi connectivity index (χ3n) is 4.19. The van der Waals surface area contributed by atoms with Crippen LogP contribution in [-0.2, 0) is 4.79 Å². The summed E-state index contributed by atoms with van der Waals surface area (Å²) in [6, 6.07) is -1.03. The van der Waals surface area contributed by atoms with Gasteiger partial charge in [-0.05, 0) is 31.6 Å². The van der Waals surface area contributed by atoms with Gasteiger partial charge < -0.3 is 21.1 Å². The lowest BCUT2D eigenvalue weighted by Gasteiger charge is -2.39. The van der Waals surface area contributed by atoms with E-state index in [1.165, 1.54) is 0 Å². The van der Waals surface area contributed by atoms with Crippen LogP contribution in [0.3, 0.4) is 0 Å². The molecule has 3 unspecified atom stereocenters. The van der Waals surface area contributed by atoms with Crippen molar-refractivity contribution in [2.45, 2.75) is 63.8 Å². The summed E-state index contributed by atoms with van der Waals surface area (Å²) in [6.07, 6.45) is 2.86. The lowest BCUT2D eigenvalue weighted by Crippen LogP contribution is -2.57. The molecule has 2 rings (SSSR count). The summed E-state index contributed by atoms with van der Waals surface area (Å²) in [7, 11) is 0. The Morgan fingerprint density at radius 1 is 1.26 bits per heavy atom. The molecule has 6 heteroatoms. The smallest absolute Gasteiger partial charge is 0.312 e. The van der Waals surface area contributed by atoms with E-state index in [1.54, 1.807) is 0 Å². The Kier molecular flexibility index (Phi) is 3.99. The third kappa shape index (κ3) is 2.83. The van der Waals surface area contributed by atoms with E-state index < -0.39 is 12.1 Å². The second-order valence-corrected chi connectivity index (χ2v) is 5.99. The minimum absolute atomic E-state index is 0.00810. The van der Waals surface area contributed by atoms with E-state index in [2.05, 4.69) is 5.32 Å². The van der Waals surface area contributed by atoms with Crippen molar-refractivity contribution in [3.05, 3.63) is 0 Å². The van der Waals surface area contributed by atoms with E-state index in [4.69, 9.17) is 5.73 Å². The molecule has 2 heterocycles. The summed E-state index contributed by atoms with van der Waals surface area (Å²) in [6.45, 7) is 3.78. The summed E-state index contributed by atoms with van der Waals surface area (Å²) < 4.78 is 0. The number of aliphatic hydroxyl groups is 1. The highest BCUT2D eigenvalue weighted by Crippen LogP contribution is 2.36. The molecule has 0 aromatic carbocycles. The van der Waals surface area contributed by atoms with Crippen LogP contribution in [0.25, 0.3) is 0 Å². The highest BCUT2D eigenvalue weighted by atomic mass is 16.3. The van der Waals surface area contributed by atoms with Gasteiger partial charge in [0.2, 0.25) is 5.91 Å². The number of carbonyl (C=O) groups is 2. The van der Waals surface area contributed by atoms with Crippen LogP contribution >= 0.6 is 0 Å². The van der Waals surface area contributed by atoms with Gasteiger partial charge in [-0.25, -0.2) is 4.79 Å². The molecule has 2 aliphatic heterocycles. The SMILES string of the molecule is CC(C)C(NC(N)=O)C(=O)N1C2CCC1CC(O)C2. The van der Waals surface area contributed by atoms with Crippen LogP contribution in [0, 0.1) is 5.92 Å². The molecule has 0 aromatic rings. The fraction of sp³-hybridized carbons (Fsp3) is 0.846. The largest absolute Gasteiger partial charge is 0.393 e. The van der Waals surface area contributed by atoms with Gasteiger partial charge in [-0.1, -0.05) is 13.8 Å². The summed E-state index contributed by atoms with van der Waals surface area (Å²) in [5, 5.41) is 12.3. The second-order valence-electron chi connectivity index (χ2n) is 5.99. The van der Waals surface area contributed by atoms with Gasteiger partial charge in [-0.15, -0.1) is 0 Å². The number of rotatable bonds is 3. The van der Waals surface area contributed by atoms with E-state index in [1.807, 2.05) is 18.7 Å². The normalized spacial score (nSPS) is 31.4. The number of fused-ring (bicyclic) bond motifs is 2. The molecule has 0 radical (unpaired) electrons. The quantitative estimate of drug-likeness (QED) is 0.682. The van der Waals surface area contributed by atoms with Crippen LogP contribution < -0.4 is 11.1 Å². The predicted octanol–water partition coefficient (Wildman–Crippen LogP) is 0.194. The van der Waals surface area contributed by atoms with Crippen molar-refractivity contribution in [3.63, 3.8) is 0 Å². The predicted molar refractivity (Wildman–Crippen MR) is 70.2 cm³/mol. The Labute approximate surface area is 113 Å². The molecule has 2 saturated heterocycles. The highest BCUT2D eigenvalue weighted by molar-refractivity contribution is 5.87. The Morgan fingerprint density at radius 3 is 2.21 bits per heavy atom. The van der Waals surface area contributed by atoms with Gasteiger partial charge in [0.05, 0.1) is 6.10 Å². The topological polar surface area (TPSA) is 95.7 Å². The molecule has 4 N–H and O–H groups in total. The first-order valence-electron chi connectivity index (χ1n) is 6.96. The first kappa shape index (κ1) is 14.1. The number of aliphatic hydroxyl groups excluding tert-OH is 1. The van der Waals surface area contributed by atoms with E-state index in [-0.39, 0.29) is 30.0 Å². The van der Waals surface area contributed by atoms with Crippen molar-refractivity contribution in [2.24, 2.45) is 11.7 Å². The van der Waals surface area contributed by atoms with Gasteiger partial charge in [0, 0.05) is 12.1 Å². The van der Waals surface area contributed by atoms with Crippen LogP contribution in [0.15, 0.2) is 0 Å². The van der Waals surface area contributed by atoms with Crippen molar-refractivity contribution < 1.29 is 14.7 Å². The second kappa shape index (κ2) is 5.36. The molecule has 3 atom stereocenters. The molecule has 0 saturated carbocycles. The molecule has 0 aromatic heterocycles. The fourth-order valence-corrected chi connectivity index (χ4v) is 3.34. The first-order valence-corrected chi connectivity index (χ1v) is 6.96. The van der Waals surface area contributed by atoms with Gasteiger partial charge in [0.25, 0.3) is 0 Å². The average molecular weight is 269 g/mol. The van der Waals surface area contributed by atoms with Gasteiger partial charge in [-0.2, -0.15) is 0 Å². The van der Waals surface area contributed by atoms with E-state index in [9.17, 15) is 14.7 Å². The van der Waals surface area contributed by atoms with Crippen molar-refractivity contribution in [1.82, 2.24) is 10.2 Å². The lowest BCUT2D eigenvalue weighted by molar-refractivity contribution is -0.140. The number of hydrogen-bond donors (Lipinski definition) is 3. The average Bonchev–Trinajstić information content (AvgIpc) is 2.57. The minimum Gasteiger partial charge on any atom is -0.393 e. The number of carbonyl (C=O) groups excluding carboxylic acids is 2. The number of hydrogen-bond acceptors (Lipinski definition) is 3. The fourth-order valence-electron chi connectivity index (χ4n) is 3.34. The van der Waals surface area contributed by atoms with Gasteiger partial charge in [-0.3, -0.25) is 4.79 Å². The Hall–Kier alpha value is -1.30. The molecule has 2 fully saturated rings. The Morgan fingerprint density at radius 2 is 1.79 bits per heavy atom. The molecule has 108 valence electrons. The highest BCUT2D eigenvalue weighted by Gasteiger charge is 2.45. The number of urea groups is 1. The maximum atomic E-state index is 12.6. The van der Waals surface area contributed by atoms with Crippen LogP contribution in [0.1, 0.15) is 39.5 Å². The zero-order chi connectivity index (χ0) is 14.2. The van der Waals surface area contributed by atoms with Gasteiger partial charge in [0.1, 0.15) is 6.04 Å². The van der Waals surface area contributed by atoms with Crippen LogP contribution in [-0.4, -0.2) is 46.2 Å².